The molecule has 4 rings (SSSR count). The zero-order valence-corrected chi connectivity index (χ0v) is 20.5. The van der Waals surface area contributed by atoms with Gasteiger partial charge in [0.05, 0.1) is 7.11 Å². The van der Waals surface area contributed by atoms with Gasteiger partial charge < -0.3 is 30.2 Å². The van der Waals surface area contributed by atoms with E-state index in [-0.39, 0.29) is 31.0 Å². The molecule has 3 aliphatic rings. The van der Waals surface area contributed by atoms with Crippen molar-refractivity contribution in [2.24, 2.45) is 5.73 Å². The summed E-state index contributed by atoms with van der Waals surface area (Å²) in [6.07, 6.45) is 7.32. The van der Waals surface area contributed by atoms with E-state index in [1.54, 1.807) is 17.2 Å². The molecule has 2 aliphatic heterocycles. The number of hydrogen-bond acceptors (Lipinski definition) is 8. The van der Waals surface area contributed by atoms with E-state index in [0.29, 0.717) is 18.2 Å². The number of esters is 1. The highest BCUT2D eigenvalue weighted by Crippen LogP contribution is 2.32. The van der Waals surface area contributed by atoms with Crippen molar-refractivity contribution in [2.75, 3.05) is 26.9 Å². The van der Waals surface area contributed by atoms with E-state index in [0.717, 1.165) is 43.7 Å². The van der Waals surface area contributed by atoms with E-state index < -0.39 is 17.9 Å². The number of nitrogens with two attached hydrogens (primary N) is 1. The number of carbonyl (C=O) groups is 3. The second kappa shape index (κ2) is 12.0. The van der Waals surface area contributed by atoms with Crippen LogP contribution in [0.5, 0.6) is 0 Å². The molecular weight excluding hydrogens is 462 g/mol. The monoisotopic (exact) mass is 495 g/mol. The number of benzene rings is 1. The number of primary amides is 1. The summed E-state index contributed by atoms with van der Waals surface area (Å²) < 4.78 is 16.1. The van der Waals surface area contributed by atoms with Crippen LogP contribution in [0, 0.1) is 0 Å². The average molecular weight is 496 g/mol. The first-order valence-corrected chi connectivity index (χ1v) is 12.3. The first-order chi connectivity index (χ1) is 17.4. The number of methoxy groups -OCH3 is 1. The molecule has 0 bridgehead atoms. The number of nitrogens with one attached hydrogen (secondary N) is 1. The number of fused-ring (bicyclic) bond motifs is 1. The predicted octanol–water partition coefficient (Wildman–Crippen LogP) is 1.87. The van der Waals surface area contributed by atoms with Crippen LogP contribution in [0.25, 0.3) is 0 Å². The second-order valence-electron chi connectivity index (χ2n) is 9.17. The van der Waals surface area contributed by atoms with Crippen LogP contribution in [-0.4, -0.2) is 61.5 Å². The van der Waals surface area contributed by atoms with Gasteiger partial charge in [-0.2, -0.15) is 0 Å². The van der Waals surface area contributed by atoms with Crippen LogP contribution in [-0.2, 0) is 41.7 Å². The van der Waals surface area contributed by atoms with E-state index in [9.17, 15) is 14.4 Å². The lowest BCUT2D eigenvalue weighted by atomic mass is 10.00. The van der Waals surface area contributed by atoms with Crippen molar-refractivity contribution in [3.63, 3.8) is 0 Å². The molecule has 1 aliphatic carbocycles. The Morgan fingerprint density at radius 1 is 1.17 bits per heavy atom. The molecule has 0 saturated carbocycles. The second-order valence-corrected chi connectivity index (χ2v) is 9.17. The molecular formula is C27H33N3O6. The minimum atomic E-state index is -0.693. The molecule has 0 spiro atoms. The van der Waals surface area contributed by atoms with Crippen molar-refractivity contribution < 1.29 is 28.6 Å². The third kappa shape index (κ3) is 6.41. The molecule has 36 heavy (non-hydrogen) atoms. The smallest absolute Gasteiger partial charge is 0.305 e. The van der Waals surface area contributed by atoms with Crippen LogP contribution >= 0.6 is 0 Å². The van der Waals surface area contributed by atoms with Crippen molar-refractivity contribution in [3.8, 4) is 0 Å². The van der Waals surface area contributed by atoms with Gasteiger partial charge in [-0.05, 0) is 48.1 Å². The fourth-order valence-electron chi connectivity index (χ4n) is 4.57. The molecule has 3 N–H and O–H groups in total. The zero-order chi connectivity index (χ0) is 25.5. The zero-order valence-electron chi connectivity index (χ0n) is 20.5. The highest BCUT2D eigenvalue weighted by molar-refractivity contribution is 6.05. The number of ketones is 1. The van der Waals surface area contributed by atoms with Crippen LogP contribution in [0.1, 0.15) is 36.8 Å². The molecule has 0 aromatic heterocycles. The number of carbonyl (C=O) groups excluding carboxylic acids is 3. The molecule has 1 amide bonds. The number of nitrogens with zero attached hydrogens (tertiary/aromatic N) is 1. The van der Waals surface area contributed by atoms with Gasteiger partial charge in [-0.1, -0.05) is 24.3 Å². The molecule has 0 radical (unpaired) electrons. The van der Waals surface area contributed by atoms with Crippen LogP contribution in [0.2, 0.25) is 0 Å². The Balaban J connectivity index is 1.37. The maximum atomic E-state index is 12.6. The number of allylic oxidation sites excluding steroid dienone is 2. The predicted molar refractivity (Wildman–Crippen MR) is 132 cm³/mol. The van der Waals surface area contributed by atoms with Gasteiger partial charge in [-0.15, -0.1) is 0 Å². The number of rotatable bonds is 11. The first kappa shape index (κ1) is 25.7. The SMILES string of the molecule is COC(=O)CCC(C(N)=O)N1C=C2C=CC(=O)C(OCc3ccc(CNC4CCOCC4)cc3)=C2C1. The normalized spacial score (nSPS) is 18.6. The van der Waals surface area contributed by atoms with Crippen molar-refractivity contribution in [1.82, 2.24) is 10.2 Å². The van der Waals surface area contributed by atoms with Gasteiger partial charge in [-0.25, -0.2) is 0 Å². The van der Waals surface area contributed by atoms with Crippen molar-refractivity contribution in [2.45, 2.75) is 50.9 Å². The third-order valence-corrected chi connectivity index (χ3v) is 6.71. The standard InChI is InChI=1S/C27H33N3O6/c1-34-25(32)9-7-23(27(28)33)30-15-20-6-8-24(31)26(22(20)16-30)36-17-19-4-2-18(3-5-19)14-29-21-10-12-35-13-11-21/h2-6,8,15,21,23,29H,7,9-14,16-17H2,1H3,(H2,28,33). The number of ether oxygens (including phenoxy) is 3. The molecule has 192 valence electrons. The Hall–Kier alpha value is -3.43. The molecule has 1 fully saturated rings. The van der Waals surface area contributed by atoms with Crippen molar-refractivity contribution >= 4 is 17.7 Å². The van der Waals surface area contributed by atoms with Crippen LogP contribution in [0.15, 0.2) is 59.5 Å². The van der Waals surface area contributed by atoms with Crippen LogP contribution in [0.4, 0.5) is 0 Å². The lowest BCUT2D eigenvalue weighted by molar-refractivity contribution is -0.141. The van der Waals surface area contributed by atoms with E-state index >= 15 is 0 Å². The van der Waals surface area contributed by atoms with Crippen molar-refractivity contribution in [3.05, 3.63) is 70.6 Å². The highest BCUT2D eigenvalue weighted by atomic mass is 16.5. The largest absolute Gasteiger partial charge is 0.484 e. The summed E-state index contributed by atoms with van der Waals surface area (Å²) in [4.78, 5) is 38.0. The summed E-state index contributed by atoms with van der Waals surface area (Å²) in [6.45, 7) is 2.97. The molecule has 1 aromatic carbocycles. The van der Waals surface area contributed by atoms with E-state index in [4.69, 9.17) is 15.2 Å². The number of hydrogen-bond donors (Lipinski definition) is 2. The van der Waals surface area contributed by atoms with Crippen LogP contribution < -0.4 is 11.1 Å². The maximum Gasteiger partial charge on any atom is 0.305 e. The van der Waals surface area contributed by atoms with Gasteiger partial charge in [0.2, 0.25) is 11.7 Å². The van der Waals surface area contributed by atoms with Gasteiger partial charge in [0.1, 0.15) is 12.6 Å². The van der Waals surface area contributed by atoms with Gasteiger partial charge >= 0.3 is 5.97 Å². The summed E-state index contributed by atoms with van der Waals surface area (Å²) in [6, 6.07) is 7.93. The molecule has 1 atom stereocenters. The summed E-state index contributed by atoms with van der Waals surface area (Å²) in [5.74, 6) is -0.896. The van der Waals surface area contributed by atoms with E-state index in [2.05, 4.69) is 22.2 Å². The minimum absolute atomic E-state index is 0.0710. The van der Waals surface area contributed by atoms with E-state index in [1.807, 2.05) is 12.1 Å². The molecule has 1 aromatic rings. The Morgan fingerprint density at radius 3 is 2.58 bits per heavy atom. The van der Waals surface area contributed by atoms with Gasteiger partial charge in [0.25, 0.3) is 0 Å². The lowest BCUT2D eigenvalue weighted by Crippen LogP contribution is -2.41. The first-order valence-electron chi connectivity index (χ1n) is 12.3. The fraction of sp³-hybridized carbons (Fsp3) is 0.444. The van der Waals surface area contributed by atoms with Gasteiger partial charge in [-0.3, -0.25) is 14.4 Å². The molecule has 9 nitrogen and oxygen atoms in total. The lowest BCUT2D eigenvalue weighted by Gasteiger charge is -2.25. The summed E-state index contributed by atoms with van der Waals surface area (Å²) in [5, 5.41) is 3.57. The summed E-state index contributed by atoms with van der Waals surface area (Å²) in [5.41, 5.74) is 9.25. The minimum Gasteiger partial charge on any atom is -0.484 e. The van der Waals surface area contributed by atoms with Crippen LogP contribution in [0.3, 0.4) is 0 Å². The fourth-order valence-corrected chi connectivity index (χ4v) is 4.57. The quantitative estimate of drug-likeness (QED) is 0.447. The van der Waals surface area contributed by atoms with Gasteiger partial charge in [0.15, 0.2) is 5.76 Å². The third-order valence-electron chi connectivity index (χ3n) is 6.71. The Morgan fingerprint density at radius 2 is 1.89 bits per heavy atom. The van der Waals surface area contributed by atoms with Crippen molar-refractivity contribution in [1.29, 1.82) is 0 Å². The highest BCUT2D eigenvalue weighted by Gasteiger charge is 2.33. The summed E-state index contributed by atoms with van der Waals surface area (Å²) >= 11 is 0. The Labute approximate surface area is 210 Å². The molecule has 1 unspecified atom stereocenters. The Kier molecular flexibility index (Phi) is 8.56. The van der Waals surface area contributed by atoms with Gasteiger partial charge in [0, 0.05) is 50.5 Å². The topological polar surface area (TPSA) is 120 Å². The summed E-state index contributed by atoms with van der Waals surface area (Å²) in [7, 11) is 1.30. The molecule has 1 saturated heterocycles. The molecule has 2 heterocycles. The Bertz CT molecular complexity index is 1070. The van der Waals surface area contributed by atoms with E-state index in [1.165, 1.54) is 18.7 Å². The average Bonchev–Trinajstić information content (AvgIpc) is 3.32. The molecule has 9 heteroatoms. The maximum absolute atomic E-state index is 12.6. The number of amides is 1.